The molecule has 0 fully saturated rings. The van der Waals surface area contributed by atoms with Gasteiger partial charge in [-0.25, -0.2) is 4.39 Å². The van der Waals surface area contributed by atoms with Crippen molar-refractivity contribution in [1.29, 1.82) is 0 Å². The number of aryl methyl sites for hydroxylation is 2. The summed E-state index contributed by atoms with van der Waals surface area (Å²) in [6.45, 7) is 7.19. The first-order chi connectivity index (χ1) is 13.1. The number of hydrogen-bond acceptors (Lipinski definition) is 2. The fourth-order valence-corrected chi connectivity index (χ4v) is 4.37. The highest BCUT2D eigenvalue weighted by Gasteiger charge is 2.28. The molecule has 27 heavy (non-hydrogen) atoms. The summed E-state index contributed by atoms with van der Waals surface area (Å²) in [6, 6.07) is 14.1. The van der Waals surface area contributed by atoms with Gasteiger partial charge in [0, 0.05) is 36.6 Å². The zero-order valence-corrected chi connectivity index (χ0v) is 16.3. The predicted molar refractivity (Wildman–Crippen MR) is 108 cm³/mol. The standard InChI is InChI=1S/C23H27FN2O/c1-4-25-15-20-19-6-5-7-21(24)23(19)26(22(20)14-16(25)2)13-12-17-8-10-18(27-3)11-9-17/h5-11,16H,4,12-15H2,1-3H3. The van der Waals surface area contributed by atoms with E-state index in [4.69, 9.17) is 4.74 Å². The number of methoxy groups -OCH3 is 1. The van der Waals surface area contributed by atoms with Crippen molar-refractivity contribution in [3.63, 3.8) is 0 Å². The summed E-state index contributed by atoms with van der Waals surface area (Å²) in [6.07, 6.45) is 1.85. The van der Waals surface area contributed by atoms with E-state index in [1.807, 2.05) is 18.2 Å². The number of likely N-dealkylation sites (N-methyl/N-ethyl adjacent to an activating group) is 1. The van der Waals surface area contributed by atoms with Gasteiger partial charge in [-0.2, -0.15) is 0 Å². The molecule has 0 bridgehead atoms. The maximum absolute atomic E-state index is 14.8. The van der Waals surface area contributed by atoms with Crippen LogP contribution in [0.4, 0.5) is 4.39 Å². The molecule has 1 atom stereocenters. The lowest BCUT2D eigenvalue weighted by Gasteiger charge is -2.33. The van der Waals surface area contributed by atoms with Crippen LogP contribution in [0.3, 0.4) is 0 Å². The van der Waals surface area contributed by atoms with E-state index in [1.165, 1.54) is 16.8 Å². The number of aromatic nitrogens is 1. The molecule has 3 aromatic rings. The predicted octanol–water partition coefficient (Wildman–Crippen LogP) is 4.80. The van der Waals surface area contributed by atoms with Gasteiger partial charge in [0.25, 0.3) is 0 Å². The van der Waals surface area contributed by atoms with Crippen LogP contribution < -0.4 is 4.74 Å². The lowest BCUT2D eigenvalue weighted by atomic mass is 9.99. The first-order valence-electron chi connectivity index (χ1n) is 9.77. The van der Waals surface area contributed by atoms with Crippen molar-refractivity contribution in [3.8, 4) is 5.75 Å². The molecule has 0 saturated carbocycles. The number of halogens is 1. The molecule has 3 nitrogen and oxygen atoms in total. The number of fused-ring (bicyclic) bond motifs is 3. The molecule has 0 saturated heterocycles. The Morgan fingerprint density at radius 1 is 1.15 bits per heavy atom. The van der Waals surface area contributed by atoms with Crippen LogP contribution in [0, 0.1) is 5.82 Å². The van der Waals surface area contributed by atoms with Crippen molar-refractivity contribution >= 4 is 10.9 Å². The second-order valence-electron chi connectivity index (χ2n) is 7.43. The first kappa shape index (κ1) is 18.1. The zero-order chi connectivity index (χ0) is 19.0. The number of nitrogens with zero attached hydrogens (tertiary/aromatic N) is 2. The molecular formula is C23H27FN2O. The molecule has 4 rings (SSSR count). The molecule has 0 N–H and O–H groups in total. The second-order valence-corrected chi connectivity index (χ2v) is 7.43. The van der Waals surface area contributed by atoms with Gasteiger partial charge in [0.05, 0.1) is 12.6 Å². The van der Waals surface area contributed by atoms with Crippen LogP contribution in [0.25, 0.3) is 10.9 Å². The molecule has 0 spiro atoms. The summed E-state index contributed by atoms with van der Waals surface area (Å²) in [7, 11) is 1.68. The number of hydrogen-bond donors (Lipinski definition) is 0. The van der Waals surface area contributed by atoms with Crippen LogP contribution in [0.15, 0.2) is 42.5 Å². The van der Waals surface area contributed by atoms with E-state index in [9.17, 15) is 4.39 Å². The SMILES string of the molecule is CCN1Cc2c(n(CCc3ccc(OC)cc3)c3c(F)cccc23)CC1C. The largest absolute Gasteiger partial charge is 0.497 e. The molecule has 142 valence electrons. The van der Waals surface area contributed by atoms with Crippen molar-refractivity contribution in [2.45, 2.75) is 45.8 Å². The molecule has 0 amide bonds. The van der Waals surface area contributed by atoms with Gasteiger partial charge >= 0.3 is 0 Å². The molecule has 1 aromatic heterocycles. The van der Waals surface area contributed by atoms with Crippen LogP contribution in [-0.4, -0.2) is 29.2 Å². The molecule has 4 heteroatoms. The van der Waals surface area contributed by atoms with Gasteiger partial charge in [0.1, 0.15) is 11.6 Å². The highest BCUT2D eigenvalue weighted by atomic mass is 19.1. The third-order valence-electron chi connectivity index (χ3n) is 5.92. The molecule has 1 aliphatic rings. The van der Waals surface area contributed by atoms with E-state index >= 15 is 0 Å². The number of ether oxygens (including phenoxy) is 1. The Balaban J connectivity index is 1.72. The average molecular weight is 366 g/mol. The van der Waals surface area contributed by atoms with Gasteiger partial charge in [0.2, 0.25) is 0 Å². The Labute approximate surface area is 160 Å². The third-order valence-corrected chi connectivity index (χ3v) is 5.92. The first-order valence-corrected chi connectivity index (χ1v) is 9.77. The monoisotopic (exact) mass is 366 g/mol. The van der Waals surface area contributed by atoms with E-state index < -0.39 is 0 Å². The highest BCUT2D eigenvalue weighted by molar-refractivity contribution is 5.86. The molecule has 1 unspecified atom stereocenters. The minimum absolute atomic E-state index is 0.118. The molecule has 2 heterocycles. The van der Waals surface area contributed by atoms with Gasteiger partial charge in [-0.15, -0.1) is 0 Å². The lowest BCUT2D eigenvalue weighted by Crippen LogP contribution is -2.38. The topological polar surface area (TPSA) is 17.4 Å². The summed E-state index contributed by atoms with van der Waals surface area (Å²) < 4.78 is 22.3. The Hall–Kier alpha value is -2.33. The maximum atomic E-state index is 14.8. The van der Waals surface area contributed by atoms with Crippen LogP contribution in [0.5, 0.6) is 5.75 Å². The fraction of sp³-hybridized carbons (Fsp3) is 0.391. The van der Waals surface area contributed by atoms with Gasteiger partial charge in [0.15, 0.2) is 0 Å². The fourth-order valence-electron chi connectivity index (χ4n) is 4.37. The van der Waals surface area contributed by atoms with Crippen LogP contribution in [0.2, 0.25) is 0 Å². The summed E-state index contributed by atoms with van der Waals surface area (Å²) in [5.41, 5.74) is 4.61. The van der Waals surface area contributed by atoms with Gasteiger partial charge in [-0.1, -0.05) is 31.2 Å². The number of benzene rings is 2. The van der Waals surface area contributed by atoms with E-state index in [2.05, 4.69) is 41.5 Å². The maximum Gasteiger partial charge on any atom is 0.147 e. The van der Waals surface area contributed by atoms with E-state index in [0.29, 0.717) is 6.04 Å². The molecule has 0 radical (unpaired) electrons. The minimum Gasteiger partial charge on any atom is -0.497 e. The number of para-hydroxylation sites is 1. The van der Waals surface area contributed by atoms with E-state index in [1.54, 1.807) is 13.2 Å². The molecular weight excluding hydrogens is 339 g/mol. The van der Waals surface area contributed by atoms with Gasteiger partial charge in [-0.3, -0.25) is 4.90 Å². The van der Waals surface area contributed by atoms with Crippen molar-refractivity contribution in [3.05, 3.63) is 65.1 Å². The summed E-state index contributed by atoms with van der Waals surface area (Å²) in [5.74, 6) is 0.745. The number of rotatable bonds is 5. The van der Waals surface area contributed by atoms with Gasteiger partial charge < -0.3 is 9.30 Å². The van der Waals surface area contributed by atoms with Crippen LogP contribution in [-0.2, 0) is 25.9 Å². The Bertz CT molecular complexity index is 945. The van der Waals surface area contributed by atoms with E-state index in [0.717, 1.165) is 49.1 Å². The average Bonchev–Trinajstić information content (AvgIpc) is 3.00. The highest BCUT2D eigenvalue weighted by Crippen LogP contribution is 2.34. The normalized spacial score (nSPS) is 17.3. The van der Waals surface area contributed by atoms with Crippen molar-refractivity contribution in [2.75, 3.05) is 13.7 Å². The lowest BCUT2D eigenvalue weighted by molar-refractivity contribution is 0.192. The van der Waals surface area contributed by atoms with Crippen molar-refractivity contribution in [2.24, 2.45) is 0 Å². The Kier molecular flexibility index (Phi) is 4.92. The van der Waals surface area contributed by atoms with Gasteiger partial charge in [-0.05, 0) is 49.2 Å². The van der Waals surface area contributed by atoms with Crippen LogP contribution >= 0.6 is 0 Å². The van der Waals surface area contributed by atoms with E-state index in [-0.39, 0.29) is 5.82 Å². The minimum atomic E-state index is -0.118. The quantitative estimate of drug-likeness (QED) is 0.645. The summed E-state index contributed by atoms with van der Waals surface area (Å²) in [5, 5.41) is 1.07. The van der Waals surface area contributed by atoms with Crippen LogP contribution in [0.1, 0.15) is 30.7 Å². The summed E-state index contributed by atoms with van der Waals surface area (Å²) >= 11 is 0. The van der Waals surface area contributed by atoms with Crippen molar-refractivity contribution < 1.29 is 9.13 Å². The Morgan fingerprint density at radius 3 is 2.63 bits per heavy atom. The second kappa shape index (κ2) is 7.35. The smallest absolute Gasteiger partial charge is 0.147 e. The molecule has 2 aromatic carbocycles. The van der Waals surface area contributed by atoms with Crippen molar-refractivity contribution in [1.82, 2.24) is 9.47 Å². The summed E-state index contributed by atoms with van der Waals surface area (Å²) in [4.78, 5) is 2.47. The molecule has 1 aliphatic heterocycles. The zero-order valence-electron chi connectivity index (χ0n) is 16.3. The molecule has 0 aliphatic carbocycles. The Morgan fingerprint density at radius 2 is 1.93 bits per heavy atom. The third kappa shape index (κ3) is 3.23.